The average Bonchev–Trinajstić information content (AvgIpc) is 3.18. The van der Waals surface area contributed by atoms with Gasteiger partial charge in [-0.2, -0.15) is 0 Å². The maximum Gasteiger partial charge on any atom is 0.324 e. The Labute approximate surface area is 197 Å². The number of rotatable bonds is 9. The van der Waals surface area contributed by atoms with Crippen LogP contribution in [0.3, 0.4) is 0 Å². The molecule has 1 aliphatic heterocycles. The van der Waals surface area contributed by atoms with Gasteiger partial charge in [-0.3, -0.25) is 9.88 Å². The van der Waals surface area contributed by atoms with Crippen molar-refractivity contribution in [2.45, 2.75) is 45.6 Å². The predicted molar refractivity (Wildman–Crippen MR) is 134 cm³/mol. The molecule has 0 aliphatic carbocycles. The van der Waals surface area contributed by atoms with Crippen LogP contribution in [0.1, 0.15) is 38.7 Å². The maximum absolute atomic E-state index is 12.7. The smallest absolute Gasteiger partial charge is 0.324 e. The highest BCUT2D eigenvalue weighted by Gasteiger charge is 2.29. The van der Waals surface area contributed by atoms with Gasteiger partial charge in [-0.15, -0.1) is 0 Å². The van der Waals surface area contributed by atoms with E-state index in [9.17, 15) is 4.79 Å². The molecule has 0 radical (unpaired) electrons. The highest BCUT2D eigenvalue weighted by atomic mass is 16.5. The largest absolute Gasteiger partial charge is 0.488 e. The van der Waals surface area contributed by atoms with Gasteiger partial charge in [0.25, 0.3) is 0 Å². The Morgan fingerprint density at radius 1 is 0.879 bits per heavy atom. The van der Waals surface area contributed by atoms with Crippen LogP contribution in [0, 0.1) is 6.92 Å². The van der Waals surface area contributed by atoms with Crippen molar-refractivity contribution in [3.05, 3.63) is 78.6 Å². The molecule has 0 saturated carbocycles. The van der Waals surface area contributed by atoms with Crippen LogP contribution >= 0.6 is 0 Å². The minimum absolute atomic E-state index is 0.0883. The van der Waals surface area contributed by atoms with E-state index in [4.69, 9.17) is 4.74 Å². The summed E-state index contributed by atoms with van der Waals surface area (Å²) in [7, 11) is 0. The summed E-state index contributed by atoms with van der Waals surface area (Å²) in [5.74, 6) is 0.888. The molecular weight excluding hydrogens is 410 g/mol. The van der Waals surface area contributed by atoms with Crippen LogP contribution in [-0.2, 0) is 0 Å². The number of carbonyl (C=O) groups is 1. The molecule has 3 aromatic rings. The summed E-state index contributed by atoms with van der Waals surface area (Å²) in [6.45, 7) is 8.65. The third kappa shape index (κ3) is 5.92. The van der Waals surface area contributed by atoms with E-state index in [1.54, 1.807) is 12.4 Å². The summed E-state index contributed by atoms with van der Waals surface area (Å²) in [6.07, 6.45) is 6.36. The number of nitrogens with zero attached hydrogens (tertiary/aromatic N) is 3. The lowest BCUT2D eigenvalue weighted by Crippen LogP contribution is -2.33. The highest BCUT2D eigenvalue weighted by molar-refractivity contribution is 5.94. The van der Waals surface area contributed by atoms with Gasteiger partial charge in [0.2, 0.25) is 0 Å². The number of aromatic nitrogens is 1. The van der Waals surface area contributed by atoms with E-state index in [1.165, 1.54) is 16.7 Å². The minimum Gasteiger partial charge on any atom is -0.488 e. The molecule has 0 unspecified atom stereocenters. The number of aryl methyl sites for hydroxylation is 1. The van der Waals surface area contributed by atoms with Crippen molar-refractivity contribution < 1.29 is 9.53 Å². The van der Waals surface area contributed by atoms with Gasteiger partial charge in [0, 0.05) is 37.7 Å². The number of ether oxygens (including phenoxy) is 1. The molecule has 5 heteroatoms. The van der Waals surface area contributed by atoms with Gasteiger partial charge in [0.15, 0.2) is 0 Å². The lowest BCUT2D eigenvalue weighted by molar-refractivity contribution is 0.0956. The molecule has 1 fully saturated rings. The van der Waals surface area contributed by atoms with Crippen molar-refractivity contribution >= 4 is 11.7 Å². The predicted octanol–water partition coefficient (Wildman–Crippen LogP) is 6.33. The Bertz CT molecular complexity index is 1050. The fraction of sp³-hybridized carbons (Fsp3) is 0.357. The van der Waals surface area contributed by atoms with Crippen molar-refractivity contribution in [3.63, 3.8) is 0 Å². The summed E-state index contributed by atoms with van der Waals surface area (Å²) in [5, 5.41) is 0. The van der Waals surface area contributed by atoms with Crippen LogP contribution in [0.2, 0.25) is 0 Å². The summed E-state index contributed by atoms with van der Waals surface area (Å²) in [4.78, 5) is 20.5. The fourth-order valence-corrected chi connectivity index (χ4v) is 4.24. The lowest BCUT2D eigenvalue weighted by atomic mass is 10.0. The zero-order valence-electron chi connectivity index (χ0n) is 19.8. The van der Waals surface area contributed by atoms with Crippen molar-refractivity contribution in [1.82, 2.24) is 9.88 Å². The minimum atomic E-state index is -0.260. The lowest BCUT2D eigenvalue weighted by Gasteiger charge is -2.27. The summed E-state index contributed by atoms with van der Waals surface area (Å²) in [5.41, 5.74) is 4.33. The number of hydrogen-bond acceptors (Lipinski definition) is 3. The van der Waals surface area contributed by atoms with E-state index >= 15 is 0 Å². The van der Waals surface area contributed by atoms with Crippen LogP contribution < -0.4 is 9.64 Å². The molecule has 5 nitrogen and oxygen atoms in total. The molecule has 0 spiro atoms. The van der Waals surface area contributed by atoms with Gasteiger partial charge in [0.1, 0.15) is 11.4 Å². The van der Waals surface area contributed by atoms with E-state index in [2.05, 4.69) is 62.2 Å². The second-order valence-corrected chi connectivity index (χ2v) is 9.34. The quantitative estimate of drug-likeness (QED) is 0.363. The second-order valence-electron chi connectivity index (χ2n) is 9.34. The van der Waals surface area contributed by atoms with E-state index in [0.29, 0.717) is 0 Å². The molecule has 4 rings (SSSR count). The Kier molecular flexibility index (Phi) is 6.97. The van der Waals surface area contributed by atoms with Crippen molar-refractivity contribution in [2.75, 3.05) is 24.5 Å². The molecule has 1 aromatic heterocycles. The maximum atomic E-state index is 12.7. The summed E-state index contributed by atoms with van der Waals surface area (Å²) in [6, 6.07) is 20.8. The summed E-state index contributed by atoms with van der Waals surface area (Å²) >= 11 is 0. The second kappa shape index (κ2) is 10.1. The molecular formula is C28H33N3O2. The Morgan fingerprint density at radius 2 is 1.52 bits per heavy atom. The van der Waals surface area contributed by atoms with Gasteiger partial charge in [0.05, 0.1) is 0 Å². The van der Waals surface area contributed by atoms with E-state index in [0.717, 1.165) is 50.3 Å². The third-order valence-electron chi connectivity index (χ3n) is 6.16. The first kappa shape index (κ1) is 22.8. The average molecular weight is 444 g/mol. The van der Waals surface area contributed by atoms with E-state index < -0.39 is 0 Å². The van der Waals surface area contributed by atoms with Crippen LogP contribution in [-0.4, -0.2) is 41.2 Å². The molecule has 2 amide bonds. The molecule has 33 heavy (non-hydrogen) atoms. The van der Waals surface area contributed by atoms with Gasteiger partial charge in [-0.05, 0) is 75.4 Å². The fourth-order valence-electron chi connectivity index (χ4n) is 4.24. The van der Waals surface area contributed by atoms with Gasteiger partial charge >= 0.3 is 6.03 Å². The molecule has 1 aliphatic rings. The monoisotopic (exact) mass is 443 g/mol. The zero-order valence-corrected chi connectivity index (χ0v) is 19.8. The normalized spacial score (nSPS) is 14.1. The first-order valence-electron chi connectivity index (χ1n) is 11.7. The molecule has 0 atom stereocenters. The molecule has 0 bridgehead atoms. The number of unbranched alkanes of at least 4 members (excludes halogenated alkanes) is 1. The van der Waals surface area contributed by atoms with Gasteiger partial charge in [-0.25, -0.2) is 4.79 Å². The zero-order chi connectivity index (χ0) is 23.3. The van der Waals surface area contributed by atoms with Crippen molar-refractivity contribution in [3.8, 4) is 16.9 Å². The van der Waals surface area contributed by atoms with E-state index in [1.807, 2.05) is 34.1 Å². The Balaban J connectivity index is 1.22. The van der Waals surface area contributed by atoms with Crippen LogP contribution in [0.5, 0.6) is 5.75 Å². The first-order valence-corrected chi connectivity index (χ1v) is 11.7. The number of benzene rings is 2. The van der Waals surface area contributed by atoms with E-state index in [-0.39, 0.29) is 11.6 Å². The number of amides is 2. The number of anilines is 1. The molecule has 172 valence electrons. The number of carbonyl (C=O) groups excluding carboxylic acids is 1. The van der Waals surface area contributed by atoms with Crippen LogP contribution in [0.15, 0.2) is 73.1 Å². The molecule has 2 aromatic carbocycles. The van der Waals surface area contributed by atoms with Crippen molar-refractivity contribution in [2.24, 2.45) is 0 Å². The number of hydrogen-bond donors (Lipinski definition) is 0. The third-order valence-corrected chi connectivity index (χ3v) is 6.16. The SMILES string of the molecule is Cc1ccc(-c2ccc(OC(C)(C)CCCCN3CCN(c4ccncc4)C3=O)cc2)cc1. The van der Waals surface area contributed by atoms with Gasteiger partial charge in [-0.1, -0.05) is 42.0 Å². The Morgan fingerprint density at radius 3 is 2.18 bits per heavy atom. The summed E-state index contributed by atoms with van der Waals surface area (Å²) < 4.78 is 6.29. The van der Waals surface area contributed by atoms with Crippen molar-refractivity contribution in [1.29, 1.82) is 0 Å². The van der Waals surface area contributed by atoms with Crippen LogP contribution in [0.4, 0.5) is 10.5 Å². The molecule has 0 N–H and O–H groups in total. The standard InChI is InChI=1S/C28H33N3O2/c1-22-6-8-23(9-7-22)24-10-12-26(13-11-24)33-28(2,3)16-4-5-19-30-20-21-31(27(30)32)25-14-17-29-18-15-25/h6-15,17-18H,4-5,16,19-21H2,1-3H3. The van der Waals surface area contributed by atoms with Crippen LogP contribution in [0.25, 0.3) is 11.1 Å². The number of urea groups is 1. The first-order chi connectivity index (χ1) is 15.9. The Hall–Kier alpha value is -3.34. The molecule has 2 heterocycles. The number of pyridine rings is 1. The van der Waals surface area contributed by atoms with Gasteiger partial charge < -0.3 is 9.64 Å². The highest BCUT2D eigenvalue weighted by Crippen LogP contribution is 2.27. The topological polar surface area (TPSA) is 45.7 Å². The molecule has 1 saturated heterocycles.